The summed E-state index contributed by atoms with van der Waals surface area (Å²) >= 11 is 1.44. The molecule has 6 heteroatoms. The van der Waals surface area contributed by atoms with Crippen molar-refractivity contribution in [1.82, 2.24) is 0 Å². The molecule has 1 heterocycles. The summed E-state index contributed by atoms with van der Waals surface area (Å²) in [5.41, 5.74) is 0.508. The van der Waals surface area contributed by atoms with Crippen LogP contribution in [-0.4, -0.2) is 28.1 Å². The molecule has 132 valence electrons. The van der Waals surface area contributed by atoms with Crippen LogP contribution < -0.4 is 4.90 Å². The predicted molar refractivity (Wildman–Crippen MR) is 97.7 cm³/mol. The Hall–Kier alpha value is -2.60. The van der Waals surface area contributed by atoms with Gasteiger partial charge in [-0.2, -0.15) is 0 Å². The SMILES string of the molecule is O=C(O)[C@@H]1C2C(=O)N(c3ccccc3)C(=O)C2C[C@@H]1Sc1ccccc1. The average molecular weight is 367 g/mol. The zero-order chi connectivity index (χ0) is 18.3. The van der Waals surface area contributed by atoms with Crippen molar-refractivity contribution in [3.05, 3.63) is 60.7 Å². The molecule has 2 amide bonds. The van der Waals surface area contributed by atoms with Gasteiger partial charge in [0.2, 0.25) is 11.8 Å². The number of anilines is 1. The Balaban J connectivity index is 1.64. The first-order valence-electron chi connectivity index (χ1n) is 8.45. The van der Waals surface area contributed by atoms with Crippen LogP contribution in [0.2, 0.25) is 0 Å². The fraction of sp³-hybridized carbons (Fsp3) is 0.250. The first-order valence-corrected chi connectivity index (χ1v) is 9.33. The first-order chi connectivity index (χ1) is 12.6. The van der Waals surface area contributed by atoms with Gasteiger partial charge in [0, 0.05) is 10.1 Å². The summed E-state index contributed by atoms with van der Waals surface area (Å²) in [5.74, 6) is -3.91. The van der Waals surface area contributed by atoms with Gasteiger partial charge in [-0.3, -0.25) is 19.3 Å². The lowest BCUT2D eigenvalue weighted by atomic mass is 9.91. The maximum Gasteiger partial charge on any atom is 0.308 e. The lowest BCUT2D eigenvalue weighted by Crippen LogP contribution is -2.37. The molecule has 0 aromatic heterocycles. The van der Waals surface area contributed by atoms with Crippen LogP contribution >= 0.6 is 11.8 Å². The van der Waals surface area contributed by atoms with Crippen molar-refractivity contribution in [2.75, 3.05) is 4.90 Å². The van der Waals surface area contributed by atoms with Crippen LogP contribution in [0.15, 0.2) is 65.6 Å². The number of hydrogen-bond acceptors (Lipinski definition) is 4. The minimum atomic E-state index is -1.01. The van der Waals surface area contributed by atoms with E-state index in [-0.39, 0.29) is 11.2 Å². The molecular formula is C20H17NO4S. The summed E-state index contributed by atoms with van der Waals surface area (Å²) in [6, 6.07) is 18.2. The average Bonchev–Trinajstić information content (AvgIpc) is 3.12. The number of imide groups is 1. The molecule has 2 aliphatic rings. The van der Waals surface area contributed by atoms with Crippen molar-refractivity contribution in [3.63, 3.8) is 0 Å². The molecule has 5 nitrogen and oxygen atoms in total. The van der Waals surface area contributed by atoms with Gasteiger partial charge in [0.1, 0.15) is 0 Å². The number of para-hydroxylation sites is 1. The molecule has 4 atom stereocenters. The molecule has 2 aromatic rings. The van der Waals surface area contributed by atoms with Gasteiger partial charge in [-0.05, 0) is 30.7 Å². The second-order valence-electron chi connectivity index (χ2n) is 6.55. The molecule has 2 aromatic carbocycles. The topological polar surface area (TPSA) is 74.7 Å². The van der Waals surface area contributed by atoms with E-state index < -0.39 is 29.6 Å². The maximum absolute atomic E-state index is 12.9. The normalized spacial score (nSPS) is 27.6. The molecule has 1 aliphatic carbocycles. The molecule has 2 fully saturated rings. The molecule has 0 radical (unpaired) electrons. The van der Waals surface area contributed by atoms with Crippen LogP contribution in [0.1, 0.15) is 6.42 Å². The van der Waals surface area contributed by atoms with Gasteiger partial charge in [0.05, 0.1) is 23.4 Å². The Kier molecular flexibility index (Phi) is 4.28. The van der Waals surface area contributed by atoms with E-state index in [0.29, 0.717) is 12.1 Å². The van der Waals surface area contributed by atoms with Crippen molar-refractivity contribution in [2.45, 2.75) is 16.6 Å². The van der Waals surface area contributed by atoms with Gasteiger partial charge >= 0.3 is 5.97 Å². The highest BCUT2D eigenvalue weighted by atomic mass is 32.2. The highest BCUT2D eigenvalue weighted by Crippen LogP contribution is 2.50. The van der Waals surface area contributed by atoms with Gasteiger partial charge < -0.3 is 5.11 Å². The summed E-state index contributed by atoms with van der Waals surface area (Å²) in [4.78, 5) is 39.9. The third-order valence-electron chi connectivity index (χ3n) is 5.08. The lowest BCUT2D eigenvalue weighted by molar-refractivity contribution is -0.145. The van der Waals surface area contributed by atoms with E-state index in [4.69, 9.17) is 0 Å². The zero-order valence-electron chi connectivity index (χ0n) is 13.8. The van der Waals surface area contributed by atoms with E-state index in [1.807, 2.05) is 36.4 Å². The van der Waals surface area contributed by atoms with Crippen LogP contribution in [0.5, 0.6) is 0 Å². The molecule has 1 saturated carbocycles. The maximum atomic E-state index is 12.9. The quantitative estimate of drug-likeness (QED) is 0.841. The fourth-order valence-electron chi connectivity index (χ4n) is 3.97. The van der Waals surface area contributed by atoms with Gasteiger partial charge in [-0.1, -0.05) is 36.4 Å². The van der Waals surface area contributed by atoms with Crippen LogP contribution in [0.25, 0.3) is 0 Å². The molecule has 2 unspecified atom stereocenters. The smallest absolute Gasteiger partial charge is 0.308 e. The Morgan fingerprint density at radius 1 is 0.962 bits per heavy atom. The fourth-order valence-corrected chi connectivity index (χ4v) is 5.37. The number of aliphatic carboxylic acids is 1. The molecule has 1 aliphatic heterocycles. The molecule has 4 rings (SSSR count). The number of rotatable bonds is 4. The van der Waals surface area contributed by atoms with E-state index in [2.05, 4.69) is 0 Å². The van der Waals surface area contributed by atoms with Gasteiger partial charge in [0.15, 0.2) is 0 Å². The Morgan fingerprint density at radius 3 is 2.19 bits per heavy atom. The second-order valence-corrected chi connectivity index (χ2v) is 7.86. The molecule has 1 saturated heterocycles. The van der Waals surface area contributed by atoms with Gasteiger partial charge in [0.25, 0.3) is 0 Å². The van der Waals surface area contributed by atoms with Gasteiger partial charge in [-0.25, -0.2) is 0 Å². The van der Waals surface area contributed by atoms with E-state index in [0.717, 1.165) is 9.80 Å². The number of thioether (sulfide) groups is 1. The highest BCUT2D eigenvalue weighted by molar-refractivity contribution is 8.00. The monoisotopic (exact) mass is 367 g/mol. The van der Waals surface area contributed by atoms with Crippen molar-refractivity contribution < 1.29 is 19.5 Å². The molecular weight excluding hydrogens is 350 g/mol. The highest BCUT2D eigenvalue weighted by Gasteiger charge is 2.60. The van der Waals surface area contributed by atoms with E-state index in [1.54, 1.807) is 24.3 Å². The third-order valence-corrected chi connectivity index (χ3v) is 6.41. The molecule has 1 N–H and O–H groups in total. The van der Waals surface area contributed by atoms with Gasteiger partial charge in [-0.15, -0.1) is 11.8 Å². The lowest BCUT2D eigenvalue weighted by Gasteiger charge is -2.22. The standard InChI is InChI=1S/C20H17NO4S/c22-18-14-11-15(26-13-9-5-2-6-10-13)17(20(24)25)16(14)19(23)21(18)12-7-3-1-4-8-12/h1-10,14-17H,11H2,(H,24,25)/t14?,15-,16?,17-/m0/s1. The molecule has 0 spiro atoms. The second kappa shape index (κ2) is 6.61. The number of nitrogens with zero attached hydrogens (tertiary/aromatic N) is 1. The largest absolute Gasteiger partial charge is 0.481 e. The minimum Gasteiger partial charge on any atom is -0.481 e. The predicted octanol–water partition coefficient (Wildman–Crippen LogP) is 3.06. The van der Waals surface area contributed by atoms with Crippen LogP contribution in [0.3, 0.4) is 0 Å². The van der Waals surface area contributed by atoms with Crippen LogP contribution in [0, 0.1) is 17.8 Å². The summed E-state index contributed by atoms with van der Waals surface area (Å²) in [7, 11) is 0. The minimum absolute atomic E-state index is 0.284. The summed E-state index contributed by atoms with van der Waals surface area (Å²) in [5, 5.41) is 9.48. The summed E-state index contributed by atoms with van der Waals surface area (Å²) < 4.78 is 0. The zero-order valence-corrected chi connectivity index (χ0v) is 14.6. The third kappa shape index (κ3) is 2.70. The van der Waals surface area contributed by atoms with Crippen molar-refractivity contribution in [1.29, 1.82) is 0 Å². The van der Waals surface area contributed by atoms with Crippen LogP contribution in [0.4, 0.5) is 5.69 Å². The number of carbonyl (C=O) groups is 3. The van der Waals surface area contributed by atoms with Crippen molar-refractivity contribution in [3.8, 4) is 0 Å². The number of amides is 2. The van der Waals surface area contributed by atoms with Crippen molar-refractivity contribution >= 4 is 35.2 Å². The number of carboxylic acids is 1. The first kappa shape index (κ1) is 16.8. The summed E-state index contributed by atoms with van der Waals surface area (Å²) in [6.07, 6.45) is 0.398. The number of carbonyl (C=O) groups excluding carboxylic acids is 2. The van der Waals surface area contributed by atoms with E-state index in [9.17, 15) is 19.5 Å². The molecule has 0 bridgehead atoms. The Bertz CT molecular complexity index is 855. The Morgan fingerprint density at radius 2 is 1.58 bits per heavy atom. The number of carboxylic acid groups (broad SMARTS) is 1. The Labute approximate surface area is 155 Å². The van der Waals surface area contributed by atoms with Crippen LogP contribution in [-0.2, 0) is 14.4 Å². The van der Waals surface area contributed by atoms with E-state index >= 15 is 0 Å². The number of benzene rings is 2. The molecule has 26 heavy (non-hydrogen) atoms. The van der Waals surface area contributed by atoms with Crippen molar-refractivity contribution in [2.24, 2.45) is 17.8 Å². The number of fused-ring (bicyclic) bond motifs is 1. The summed E-state index contributed by atoms with van der Waals surface area (Å²) in [6.45, 7) is 0. The number of hydrogen-bond donors (Lipinski definition) is 1. The van der Waals surface area contributed by atoms with E-state index in [1.165, 1.54) is 11.8 Å².